The lowest BCUT2D eigenvalue weighted by atomic mass is 10.1. The molecule has 0 nitrogen and oxygen atoms in total. The fourth-order valence-electron chi connectivity index (χ4n) is 1.15. The molecule has 0 spiro atoms. The van der Waals surface area contributed by atoms with Gasteiger partial charge < -0.3 is 0 Å². The Bertz CT molecular complexity index is 258. The van der Waals surface area contributed by atoms with Gasteiger partial charge in [-0.3, -0.25) is 0 Å². The summed E-state index contributed by atoms with van der Waals surface area (Å²) in [6, 6.07) is 8.46. The van der Waals surface area contributed by atoms with Gasteiger partial charge in [0.2, 0.25) is 0 Å². The van der Waals surface area contributed by atoms with Gasteiger partial charge in [-0.05, 0) is 24.5 Å². The van der Waals surface area contributed by atoms with Crippen molar-refractivity contribution in [2.75, 3.05) is 0 Å². The summed E-state index contributed by atoms with van der Waals surface area (Å²) in [6.45, 7) is 4.34. The topological polar surface area (TPSA) is 0 Å². The molecular weight excluding hydrogens is 144 g/mol. The summed E-state index contributed by atoms with van der Waals surface area (Å²) in [4.78, 5) is 0. The smallest absolute Gasteiger partial charge is 0.0231 e. The molecule has 1 rings (SSSR count). The molecule has 0 fully saturated rings. The highest BCUT2D eigenvalue weighted by molar-refractivity contribution is 5.53. The van der Waals surface area contributed by atoms with Crippen molar-refractivity contribution in [1.29, 1.82) is 0 Å². The molecule has 12 heavy (non-hydrogen) atoms. The standard InChI is InChI=1S/C12H16/c1-3-4-5-9-12-10-7-6-8-11(12)2/h5-10H,3-4H2,1-2H3. The molecule has 0 aliphatic carbocycles. The van der Waals surface area contributed by atoms with E-state index in [9.17, 15) is 0 Å². The van der Waals surface area contributed by atoms with E-state index in [4.69, 9.17) is 0 Å². The lowest BCUT2D eigenvalue weighted by Gasteiger charge is -1.97. The SMILES string of the molecule is CCCC=Cc1ccccc1C. The predicted molar refractivity (Wildman–Crippen MR) is 55.1 cm³/mol. The van der Waals surface area contributed by atoms with Gasteiger partial charge in [-0.1, -0.05) is 49.8 Å². The predicted octanol–water partition coefficient (Wildman–Crippen LogP) is 3.81. The Morgan fingerprint density at radius 3 is 2.67 bits per heavy atom. The van der Waals surface area contributed by atoms with Gasteiger partial charge in [0.1, 0.15) is 0 Å². The highest BCUT2D eigenvalue weighted by Crippen LogP contribution is 2.09. The van der Waals surface area contributed by atoms with Gasteiger partial charge in [-0.2, -0.15) is 0 Å². The molecule has 0 atom stereocenters. The van der Waals surface area contributed by atoms with Crippen LogP contribution in [0.2, 0.25) is 0 Å². The van der Waals surface area contributed by atoms with Crippen LogP contribution in [0.25, 0.3) is 6.08 Å². The fraction of sp³-hybridized carbons (Fsp3) is 0.333. The largest absolute Gasteiger partial charge is 0.0839 e. The summed E-state index contributed by atoms with van der Waals surface area (Å²) >= 11 is 0. The van der Waals surface area contributed by atoms with Crippen molar-refractivity contribution in [2.24, 2.45) is 0 Å². The Morgan fingerprint density at radius 2 is 2.00 bits per heavy atom. The zero-order chi connectivity index (χ0) is 8.81. The van der Waals surface area contributed by atoms with E-state index in [0.29, 0.717) is 0 Å². The molecule has 0 N–H and O–H groups in total. The molecule has 0 heteroatoms. The Hall–Kier alpha value is -1.04. The molecule has 0 heterocycles. The van der Waals surface area contributed by atoms with Crippen LogP contribution in [0.4, 0.5) is 0 Å². The second-order valence-corrected chi connectivity index (χ2v) is 3.05. The van der Waals surface area contributed by atoms with Gasteiger partial charge in [0.15, 0.2) is 0 Å². The van der Waals surface area contributed by atoms with Crippen LogP contribution in [0.3, 0.4) is 0 Å². The summed E-state index contributed by atoms with van der Waals surface area (Å²) in [5.74, 6) is 0. The molecule has 1 aromatic rings. The maximum atomic E-state index is 2.24. The molecule has 0 amide bonds. The van der Waals surface area contributed by atoms with E-state index in [1.165, 1.54) is 24.0 Å². The second kappa shape index (κ2) is 4.76. The lowest BCUT2D eigenvalue weighted by molar-refractivity contribution is 0.962. The van der Waals surface area contributed by atoms with Crippen LogP contribution >= 0.6 is 0 Å². The molecular formula is C12H16. The van der Waals surface area contributed by atoms with Crippen LogP contribution < -0.4 is 0 Å². The third-order valence-electron chi connectivity index (χ3n) is 1.94. The number of hydrogen-bond acceptors (Lipinski definition) is 0. The number of hydrogen-bond donors (Lipinski definition) is 0. The van der Waals surface area contributed by atoms with Crippen LogP contribution in [-0.2, 0) is 0 Å². The first-order chi connectivity index (χ1) is 5.84. The number of allylic oxidation sites excluding steroid dienone is 1. The number of benzene rings is 1. The minimum atomic E-state index is 1.17. The van der Waals surface area contributed by atoms with Crippen molar-refractivity contribution >= 4 is 6.08 Å². The monoisotopic (exact) mass is 160 g/mol. The lowest BCUT2D eigenvalue weighted by Crippen LogP contribution is -1.77. The molecule has 0 aliphatic rings. The van der Waals surface area contributed by atoms with Crippen molar-refractivity contribution in [3.63, 3.8) is 0 Å². The third-order valence-corrected chi connectivity index (χ3v) is 1.94. The summed E-state index contributed by atoms with van der Waals surface area (Å²) < 4.78 is 0. The molecule has 0 bridgehead atoms. The highest BCUT2D eigenvalue weighted by Gasteiger charge is 1.89. The summed E-state index contributed by atoms with van der Waals surface area (Å²) in [6.07, 6.45) is 6.85. The van der Waals surface area contributed by atoms with Crippen molar-refractivity contribution in [3.8, 4) is 0 Å². The zero-order valence-electron chi connectivity index (χ0n) is 7.88. The third kappa shape index (κ3) is 2.54. The van der Waals surface area contributed by atoms with Gasteiger partial charge in [0, 0.05) is 0 Å². The van der Waals surface area contributed by atoms with Gasteiger partial charge in [-0.25, -0.2) is 0 Å². The van der Waals surface area contributed by atoms with Crippen molar-refractivity contribution in [3.05, 3.63) is 41.5 Å². The molecule has 0 aliphatic heterocycles. The average Bonchev–Trinajstić information content (AvgIpc) is 2.09. The first kappa shape index (κ1) is 9.05. The van der Waals surface area contributed by atoms with E-state index in [1.54, 1.807) is 0 Å². The van der Waals surface area contributed by atoms with E-state index < -0.39 is 0 Å². The first-order valence-electron chi connectivity index (χ1n) is 4.56. The quantitative estimate of drug-likeness (QED) is 0.630. The van der Waals surface area contributed by atoms with E-state index in [2.05, 4.69) is 50.3 Å². The van der Waals surface area contributed by atoms with E-state index in [0.717, 1.165) is 0 Å². The van der Waals surface area contributed by atoms with Crippen LogP contribution in [-0.4, -0.2) is 0 Å². The Kier molecular flexibility index (Phi) is 3.59. The Labute approximate surface area is 74.9 Å². The average molecular weight is 160 g/mol. The Balaban J connectivity index is 2.68. The molecule has 0 aromatic heterocycles. The summed E-state index contributed by atoms with van der Waals surface area (Å²) in [5, 5.41) is 0. The molecule has 0 saturated carbocycles. The van der Waals surface area contributed by atoms with E-state index in [1.807, 2.05) is 0 Å². The van der Waals surface area contributed by atoms with Crippen molar-refractivity contribution in [1.82, 2.24) is 0 Å². The summed E-state index contributed by atoms with van der Waals surface area (Å²) in [5.41, 5.74) is 2.69. The molecule has 1 aromatic carbocycles. The minimum absolute atomic E-state index is 1.17. The second-order valence-electron chi connectivity index (χ2n) is 3.05. The normalized spacial score (nSPS) is 10.8. The first-order valence-corrected chi connectivity index (χ1v) is 4.56. The van der Waals surface area contributed by atoms with Crippen molar-refractivity contribution < 1.29 is 0 Å². The molecule has 0 radical (unpaired) electrons. The number of rotatable bonds is 3. The van der Waals surface area contributed by atoms with Gasteiger partial charge in [-0.15, -0.1) is 0 Å². The molecule has 0 saturated heterocycles. The maximum absolute atomic E-state index is 2.24. The van der Waals surface area contributed by atoms with Crippen LogP contribution in [0.5, 0.6) is 0 Å². The minimum Gasteiger partial charge on any atom is -0.0839 e. The fourth-order valence-corrected chi connectivity index (χ4v) is 1.15. The van der Waals surface area contributed by atoms with Gasteiger partial charge in [0.25, 0.3) is 0 Å². The van der Waals surface area contributed by atoms with Crippen molar-refractivity contribution in [2.45, 2.75) is 26.7 Å². The highest BCUT2D eigenvalue weighted by atomic mass is 13.9. The number of unbranched alkanes of at least 4 members (excludes halogenated alkanes) is 1. The van der Waals surface area contributed by atoms with Crippen LogP contribution in [0, 0.1) is 6.92 Å². The molecule has 64 valence electrons. The van der Waals surface area contributed by atoms with Crippen LogP contribution in [0.15, 0.2) is 30.3 Å². The molecule has 0 unspecified atom stereocenters. The van der Waals surface area contributed by atoms with Crippen LogP contribution in [0.1, 0.15) is 30.9 Å². The van der Waals surface area contributed by atoms with Gasteiger partial charge in [0.05, 0.1) is 0 Å². The van der Waals surface area contributed by atoms with E-state index in [-0.39, 0.29) is 0 Å². The van der Waals surface area contributed by atoms with Gasteiger partial charge >= 0.3 is 0 Å². The number of aryl methyl sites for hydroxylation is 1. The maximum Gasteiger partial charge on any atom is -0.0231 e. The Morgan fingerprint density at radius 1 is 1.25 bits per heavy atom. The summed E-state index contributed by atoms with van der Waals surface area (Å²) in [7, 11) is 0. The van der Waals surface area contributed by atoms with E-state index >= 15 is 0 Å². The zero-order valence-corrected chi connectivity index (χ0v) is 7.88.